The Morgan fingerprint density at radius 1 is 0.900 bits per heavy atom. The number of nitrogens with one attached hydrogen (secondary N) is 1. The number of rotatable bonds is 7. The Balaban J connectivity index is 1.50. The molecule has 30 heavy (non-hydrogen) atoms. The zero-order chi connectivity index (χ0) is 20.9. The summed E-state index contributed by atoms with van der Waals surface area (Å²) in [6, 6.07) is 27.8. The number of carboxylic acid groups (broad SMARTS) is 1. The van der Waals surface area contributed by atoms with E-state index >= 15 is 0 Å². The number of hydrogen-bond acceptors (Lipinski definition) is 5. The molecule has 0 amide bonds. The second kappa shape index (κ2) is 9.07. The molecular formula is C24H19NO3S2. The van der Waals surface area contributed by atoms with Crippen LogP contribution in [0.3, 0.4) is 0 Å². The Morgan fingerprint density at radius 3 is 2.43 bits per heavy atom. The highest BCUT2D eigenvalue weighted by atomic mass is 32.2. The molecule has 4 nitrogen and oxygen atoms in total. The van der Waals surface area contributed by atoms with Crippen molar-refractivity contribution in [1.29, 1.82) is 0 Å². The zero-order valence-corrected chi connectivity index (χ0v) is 17.8. The lowest BCUT2D eigenvalue weighted by molar-refractivity contribution is 0.0696. The molecule has 0 atom stereocenters. The van der Waals surface area contributed by atoms with Gasteiger partial charge >= 0.3 is 5.97 Å². The molecule has 1 heterocycles. The molecule has 0 spiro atoms. The monoisotopic (exact) mass is 433 g/mol. The first-order valence-corrected chi connectivity index (χ1v) is 10.9. The molecule has 0 radical (unpaired) electrons. The second-order valence-electron chi connectivity index (χ2n) is 6.49. The van der Waals surface area contributed by atoms with Crippen LogP contribution in [0.2, 0.25) is 0 Å². The number of benzene rings is 3. The maximum absolute atomic E-state index is 11.1. The van der Waals surface area contributed by atoms with Crippen LogP contribution in [0.25, 0.3) is 21.6 Å². The molecule has 0 saturated carbocycles. The van der Waals surface area contributed by atoms with Gasteiger partial charge in [0.2, 0.25) is 0 Å². The van der Waals surface area contributed by atoms with Crippen molar-refractivity contribution >= 4 is 34.9 Å². The smallest absolute Gasteiger partial charge is 0.335 e. The first-order chi connectivity index (χ1) is 14.6. The fourth-order valence-corrected chi connectivity index (χ4v) is 4.84. The normalized spacial score (nSPS) is 10.6. The van der Waals surface area contributed by atoms with Gasteiger partial charge in [0.1, 0.15) is 5.75 Å². The van der Waals surface area contributed by atoms with Crippen molar-refractivity contribution in [2.45, 2.75) is 4.21 Å². The van der Waals surface area contributed by atoms with Crippen molar-refractivity contribution in [2.75, 3.05) is 11.8 Å². The molecule has 0 aliphatic heterocycles. The van der Waals surface area contributed by atoms with Crippen LogP contribution in [-0.2, 0) is 0 Å². The highest BCUT2D eigenvalue weighted by Crippen LogP contribution is 2.37. The van der Waals surface area contributed by atoms with Crippen LogP contribution in [0, 0.1) is 0 Å². The third-order valence-corrected chi connectivity index (χ3v) is 6.63. The number of aromatic carboxylic acids is 1. The highest BCUT2D eigenvalue weighted by Gasteiger charge is 2.10. The highest BCUT2D eigenvalue weighted by molar-refractivity contribution is 8.02. The van der Waals surface area contributed by atoms with Gasteiger partial charge in [-0.3, -0.25) is 0 Å². The molecule has 0 unspecified atom stereocenters. The summed E-state index contributed by atoms with van der Waals surface area (Å²) < 4.78 is 9.67. The summed E-state index contributed by atoms with van der Waals surface area (Å²) in [5.41, 5.74) is 4.49. The first kappa shape index (κ1) is 20.1. The van der Waals surface area contributed by atoms with E-state index in [-0.39, 0.29) is 5.56 Å². The largest absolute Gasteiger partial charge is 0.495 e. The number of anilines is 1. The van der Waals surface area contributed by atoms with E-state index < -0.39 is 5.97 Å². The van der Waals surface area contributed by atoms with E-state index in [9.17, 15) is 4.79 Å². The molecule has 3 aromatic carbocycles. The van der Waals surface area contributed by atoms with Gasteiger partial charge in [-0.1, -0.05) is 48.5 Å². The molecule has 0 fully saturated rings. The third kappa shape index (κ3) is 4.50. The zero-order valence-electron chi connectivity index (χ0n) is 16.2. The molecule has 0 aliphatic rings. The van der Waals surface area contributed by atoms with Gasteiger partial charge in [0, 0.05) is 4.88 Å². The van der Waals surface area contributed by atoms with Crippen molar-refractivity contribution in [2.24, 2.45) is 0 Å². The fraction of sp³-hybridized carbons (Fsp3) is 0.0417. The predicted octanol–water partition coefficient (Wildman–Crippen LogP) is 6.91. The Bertz CT molecular complexity index is 1170. The van der Waals surface area contributed by atoms with E-state index in [2.05, 4.69) is 53.3 Å². The van der Waals surface area contributed by atoms with Gasteiger partial charge in [-0.25, -0.2) is 4.79 Å². The van der Waals surface area contributed by atoms with Gasteiger partial charge in [0.05, 0.1) is 22.6 Å². The van der Waals surface area contributed by atoms with Crippen LogP contribution in [0.15, 0.2) is 89.1 Å². The summed E-state index contributed by atoms with van der Waals surface area (Å²) in [5.74, 6) is -0.483. The van der Waals surface area contributed by atoms with Gasteiger partial charge in [-0.05, 0) is 65.0 Å². The molecule has 150 valence electrons. The molecule has 0 aliphatic carbocycles. The molecule has 0 saturated heterocycles. The molecule has 2 N–H and O–H groups in total. The molecule has 1 aromatic heterocycles. The summed E-state index contributed by atoms with van der Waals surface area (Å²) in [7, 11) is 1.53. The lowest BCUT2D eigenvalue weighted by Gasteiger charge is -2.10. The van der Waals surface area contributed by atoms with Crippen molar-refractivity contribution in [3.63, 3.8) is 0 Å². The number of thiophene rings is 1. The molecular weight excluding hydrogens is 414 g/mol. The lowest BCUT2D eigenvalue weighted by atomic mass is 10.0. The SMILES string of the molecule is COc1cc(C(=O)O)ccc1NSc1ccc(-c2cccc(-c3ccccc3)c2)s1. The fourth-order valence-electron chi connectivity index (χ4n) is 3.03. The Hall–Kier alpha value is -3.22. The van der Waals surface area contributed by atoms with Gasteiger partial charge in [0.15, 0.2) is 0 Å². The van der Waals surface area contributed by atoms with Crippen molar-refractivity contribution in [3.8, 4) is 27.3 Å². The number of carbonyl (C=O) groups is 1. The van der Waals surface area contributed by atoms with E-state index in [1.165, 1.54) is 46.7 Å². The number of carboxylic acids is 1. The van der Waals surface area contributed by atoms with Crippen molar-refractivity contribution in [3.05, 3.63) is 90.5 Å². The first-order valence-electron chi connectivity index (χ1n) is 9.24. The van der Waals surface area contributed by atoms with E-state index in [0.29, 0.717) is 5.75 Å². The van der Waals surface area contributed by atoms with E-state index in [0.717, 1.165) is 9.90 Å². The minimum absolute atomic E-state index is 0.194. The summed E-state index contributed by atoms with van der Waals surface area (Å²) in [4.78, 5) is 12.3. The van der Waals surface area contributed by atoms with Crippen LogP contribution in [0.5, 0.6) is 5.75 Å². The number of ether oxygens (including phenoxy) is 1. The summed E-state index contributed by atoms with van der Waals surface area (Å²) in [6.45, 7) is 0. The van der Waals surface area contributed by atoms with Gasteiger partial charge in [-0.15, -0.1) is 11.3 Å². The summed E-state index contributed by atoms with van der Waals surface area (Å²) in [6.07, 6.45) is 0. The number of methoxy groups -OCH3 is 1. The summed E-state index contributed by atoms with van der Waals surface area (Å²) in [5, 5.41) is 9.13. The van der Waals surface area contributed by atoms with Crippen molar-refractivity contribution < 1.29 is 14.6 Å². The average molecular weight is 434 g/mol. The van der Waals surface area contributed by atoms with Crippen LogP contribution in [0.4, 0.5) is 5.69 Å². The summed E-state index contributed by atoms with van der Waals surface area (Å²) >= 11 is 3.17. The Morgan fingerprint density at radius 2 is 1.67 bits per heavy atom. The maximum Gasteiger partial charge on any atom is 0.335 e. The van der Waals surface area contributed by atoms with Gasteiger partial charge in [-0.2, -0.15) is 0 Å². The standard InChI is InChI=1S/C24H19NO3S2/c1-28-21-15-19(24(26)27)10-11-20(21)25-30-23-13-12-22(29-23)18-9-5-8-17(14-18)16-6-3-2-4-7-16/h2-15,25H,1H3,(H,26,27). The van der Waals surface area contributed by atoms with E-state index in [1.54, 1.807) is 23.5 Å². The van der Waals surface area contributed by atoms with Crippen LogP contribution >= 0.6 is 23.3 Å². The van der Waals surface area contributed by atoms with E-state index in [1.807, 2.05) is 18.2 Å². The van der Waals surface area contributed by atoms with Gasteiger partial charge in [0.25, 0.3) is 0 Å². The third-order valence-electron chi connectivity index (χ3n) is 4.55. The topological polar surface area (TPSA) is 58.6 Å². The quantitative estimate of drug-likeness (QED) is 0.310. The number of hydrogen-bond donors (Lipinski definition) is 2. The maximum atomic E-state index is 11.1. The Kier molecular flexibility index (Phi) is 6.07. The second-order valence-corrected chi connectivity index (χ2v) is 8.68. The molecule has 0 bridgehead atoms. The minimum Gasteiger partial charge on any atom is -0.495 e. The van der Waals surface area contributed by atoms with Gasteiger partial charge < -0.3 is 14.6 Å². The lowest BCUT2D eigenvalue weighted by Crippen LogP contribution is -1.99. The minimum atomic E-state index is -0.979. The average Bonchev–Trinajstić information content (AvgIpc) is 3.27. The van der Waals surface area contributed by atoms with E-state index in [4.69, 9.17) is 9.84 Å². The van der Waals surface area contributed by atoms with Crippen LogP contribution in [-0.4, -0.2) is 18.2 Å². The molecule has 4 rings (SSSR count). The predicted molar refractivity (Wildman–Crippen MR) is 125 cm³/mol. The van der Waals surface area contributed by atoms with Crippen molar-refractivity contribution in [1.82, 2.24) is 0 Å². The Labute approximate surface area is 183 Å². The molecule has 6 heteroatoms. The van der Waals surface area contributed by atoms with Crippen LogP contribution < -0.4 is 9.46 Å². The van der Waals surface area contributed by atoms with Crippen LogP contribution in [0.1, 0.15) is 10.4 Å². The molecule has 4 aromatic rings.